The van der Waals surface area contributed by atoms with Gasteiger partial charge in [0.2, 0.25) is 0 Å². The van der Waals surface area contributed by atoms with Crippen LogP contribution in [-0.4, -0.2) is 31.8 Å². The van der Waals surface area contributed by atoms with E-state index in [1.54, 1.807) is 12.5 Å². The van der Waals surface area contributed by atoms with E-state index in [1.165, 1.54) is 16.2 Å². The molecule has 0 radical (unpaired) electrons. The van der Waals surface area contributed by atoms with Gasteiger partial charge >= 0.3 is 0 Å². The number of nitrogens with zero attached hydrogens (tertiary/aromatic N) is 3. The lowest BCUT2D eigenvalue weighted by molar-refractivity contribution is -0.891. The Morgan fingerprint density at radius 2 is 2.38 bits per heavy atom. The quantitative estimate of drug-likeness (QED) is 0.824. The van der Waals surface area contributed by atoms with Crippen LogP contribution in [0.3, 0.4) is 0 Å². The summed E-state index contributed by atoms with van der Waals surface area (Å²) in [4.78, 5) is 10.0. The van der Waals surface area contributed by atoms with Gasteiger partial charge in [0.25, 0.3) is 0 Å². The number of aromatic nitrogens is 1. The number of nitriles is 1. The van der Waals surface area contributed by atoms with E-state index in [1.807, 2.05) is 24.4 Å². The summed E-state index contributed by atoms with van der Waals surface area (Å²) >= 11 is 1.50. The van der Waals surface area contributed by atoms with Crippen molar-refractivity contribution >= 4 is 17.6 Å². The number of nitrogens with one attached hydrogen (secondary N) is 1. The molecule has 2 atom stereocenters. The molecule has 110 valence electrons. The van der Waals surface area contributed by atoms with E-state index < -0.39 is 0 Å². The zero-order chi connectivity index (χ0) is 15.2. The Morgan fingerprint density at radius 1 is 1.57 bits per heavy atom. The highest BCUT2D eigenvalue weighted by Crippen LogP contribution is 2.18. The molecule has 0 bridgehead atoms. The maximum Gasteiger partial charge on any atom is 0.165 e. The molecule has 0 aromatic carbocycles. The number of rotatable bonds is 6. The van der Waals surface area contributed by atoms with Gasteiger partial charge in [0.05, 0.1) is 33.0 Å². The van der Waals surface area contributed by atoms with Crippen molar-refractivity contribution in [2.45, 2.75) is 18.9 Å². The highest BCUT2D eigenvalue weighted by molar-refractivity contribution is 7.09. The lowest BCUT2D eigenvalue weighted by atomic mass is 10.2. The summed E-state index contributed by atoms with van der Waals surface area (Å²) in [5, 5.41) is 12.0. The Balaban J connectivity index is 2.04. The van der Waals surface area contributed by atoms with Crippen LogP contribution < -0.4 is 4.90 Å². The molecule has 0 aliphatic rings. The van der Waals surface area contributed by atoms with E-state index in [0.717, 1.165) is 16.5 Å². The molecule has 2 heterocycles. The van der Waals surface area contributed by atoms with Crippen LogP contribution in [0.2, 0.25) is 0 Å². The number of aryl methyl sites for hydroxylation is 1. The Bertz CT molecular complexity index is 624. The molecule has 21 heavy (non-hydrogen) atoms. The van der Waals surface area contributed by atoms with Crippen molar-refractivity contribution in [2.24, 2.45) is 4.99 Å². The third kappa shape index (κ3) is 4.00. The van der Waals surface area contributed by atoms with E-state index in [2.05, 4.69) is 30.1 Å². The largest absolute Gasteiger partial charge is 0.463 e. The van der Waals surface area contributed by atoms with Crippen LogP contribution in [0.5, 0.6) is 0 Å². The predicted octanol–water partition coefficient (Wildman–Crippen LogP) is 1.61. The van der Waals surface area contributed by atoms with Crippen molar-refractivity contribution in [3.05, 3.63) is 40.2 Å². The lowest BCUT2D eigenvalue weighted by Crippen LogP contribution is -3.06. The normalized spacial score (nSPS) is 14.4. The van der Waals surface area contributed by atoms with Gasteiger partial charge in [-0.3, -0.25) is 4.99 Å². The number of aliphatic imine (C=N–C) groups is 1. The predicted molar refractivity (Wildman–Crippen MR) is 82.8 cm³/mol. The minimum absolute atomic E-state index is 0.147. The van der Waals surface area contributed by atoms with Gasteiger partial charge in [-0.2, -0.15) is 5.26 Å². The summed E-state index contributed by atoms with van der Waals surface area (Å²) in [6.45, 7) is 2.51. The molecule has 0 aliphatic heterocycles. The van der Waals surface area contributed by atoms with Crippen LogP contribution >= 0.6 is 11.3 Å². The zero-order valence-corrected chi connectivity index (χ0v) is 13.2. The monoisotopic (exact) mass is 303 g/mol. The van der Waals surface area contributed by atoms with Crippen LogP contribution in [0.4, 0.5) is 0 Å². The molecule has 0 unspecified atom stereocenters. The molecule has 0 saturated heterocycles. The second-order valence-corrected chi connectivity index (χ2v) is 5.98. The van der Waals surface area contributed by atoms with Crippen molar-refractivity contribution in [2.75, 3.05) is 20.6 Å². The number of hydrogen-bond donors (Lipinski definition) is 1. The van der Waals surface area contributed by atoms with Crippen LogP contribution in [-0.2, 0) is 0 Å². The molecule has 2 aromatic heterocycles. The summed E-state index contributed by atoms with van der Waals surface area (Å²) in [5.74, 6) is 0.531. The van der Waals surface area contributed by atoms with Crippen LogP contribution in [0, 0.1) is 18.3 Å². The molecule has 0 fully saturated rings. The number of thiazole rings is 1. The first-order chi connectivity index (χ1) is 10.1. The Kier molecular flexibility index (Phi) is 5.26. The van der Waals surface area contributed by atoms with Crippen molar-refractivity contribution in [3.63, 3.8) is 0 Å². The van der Waals surface area contributed by atoms with Gasteiger partial charge in [0, 0.05) is 17.3 Å². The summed E-state index contributed by atoms with van der Waals surface area (Å²) in [6, 6.07) is 6.22. The highest BCUT2D eigenvalue weighted by Gasteiger charge is 2.20. The molecule has 5 nitrogen and oxygen atoms in total. The molecule has 0 saturated carbocycles. The average molecular weight is 303 g/mol. The second-order valence-electron chi connectivity index (χ2n) is 5.09. The molecule has 1 N–H and O–H groups in total. The fourth-order valence-electron chi connectivity index (χ4n) is 1.99. The Hall–Kier alpha value is -1.97. The van der Waals surface area contributed by atoms with Crippen molar-refractivity contribution in [1.82, 2.24) is 4.98 Å². The van der Waals surface area contributed by atoms with E-state index in [9.17, 15) is 5.26 Å². The molecule has 2 aromatic rings. The van der Waals surface area contributed by atoms with E-state index in [4.69, 9.17) is 4.42 Å². The second kappa shape index (κ2) is 7.16. The van der Waals surface area contributed by atoms with Crippen molar-refractivity contribution in [3.8, 4) is 6.07 Å². The van der Waals surface area contributed by atoms with E-state index >= 15 is 0 Å². The highest BCUT2D eigenvalue weighted by atomic mass is 32.1. The molecular formula is C15H19N4OS+. The van der Waals surface area contributed by atoms with Gasteiger partial charge in [-0.15, -0.1) is 11.3 Å². The zero-order valence-electron chi connectivity index (χ0n) is 12.4. The van der Waals surface area contributed by atoms with Crippen LogP contribution in [0.25, 0.3) is 0 Å². The topological polar surface area (TPSA) is 66.6 Å². The SMILES string of the molecule is Cc1csc([C@H](C#N)C=NC[C@H](c2ccco2)[NH+](C)C)n1. The molecule has 0 aliphatic carbocycles. The summed E-state index contributed by atoms with van der Waals surface area (Å²) in [6.07, 6.45) is 3.36. The van der Waals surface area contributed by atoms with Gasteiger partial charge in [0.15, 0.2) is 11.8 Å². The number of likely N-dealkylation sites (N-methyl/N-ethyl adjacent to an activating group) is 1. The number of furan rings is 1. The Labute approximate surface area is 128 Å². The summed E-state index contributed by atoms with van der Waals surface area (Å²) in [5.41, 5.74) is 0.940. The van der Waals surface area contributed by atoms with Crippen LogP contribution in [0.1, 0.15) is 28.4 Å². The summed E-state index contributed by atoms with van der Waals surface area (Å²) < 4.78 is 5.46. The third-order valence-corrected chi connectivity index (χ3v) is 4.21. The van der Waals surface area contributed by atoms with Crippen molar-refractivity contribution < 1.29 is 9.32 Å². The van der Waals surface area contributed by atoms with Gasteiger partial charge < -0.3 is 9.32 Å². The first-order valence-corrected chi connectivity index (χ1v) is 7.64. The van der Waals surface area contributed by atoms with Gasteiger partial charge in [-0.1, -0.05) is 0 Å². The fourth-order valence-corrected chi connectivity index (χ4v) is 2.79. The molecule has 2 rings (SSSR count). The number of hydrogen-bond acceptors (Lipinski definition) is 5. The van der Waals surface area contributed by atoms with Crippen LogP contribution in [0.15, 0.2) is 33.2 Å². The van der Waals surface area contributed by atoms with Gasteiger partial charge in [-0.05, 0) is 19.1 Å². The minimum Gasteiger partial charge on any atom is -0.463 e. The Morgan fingerprint density at radius 3 is 2.90 bits per heavy atom. The number of quaternary nitrogens is 1. The molecule has 6 heteroatoms. The van der Waals surface area contributed by atoms with Gasteiger partial charge in [0.1, 0.15) is 10.9 Å². The fraction of sp³-hybridized carbons (Fsp3) is 0.400. The van der Waals surface area contributed by atoms with E-state index in [0.29, 0.717) is 6.54 Å². The minimum atomic E-state index is -0.377. The average Bonchev–Trinajstić information content (AvgIpc) is 3.10. The maximum absolute atomic E-state index is 9.25. The molecule has 0 amide bonds. The lowest BCUT2D eigenvalue weighted by Gasteiger charge is -2.17. The standard InChI is InChI=1S/C15H18N4OS/c1-11-10-21-15(18-11)12(7-16)8-17-9-13(19(2)3)14-5-4-6-20-14/h4-6,8,10,12-13H,9H2,1-3H3/p+1/t12-,13-/m1/s1. The third-order valence-electron chi connectivity index (χ3n) is 3.17. The van der Waals surface area contributed by atoms with Crippen molar-refractivity contribution in [1.29, 1.82) is 5.26 Å². The first-order valence-electron chi connectivity index (χ1n) is 6.77. The molecule has 0 spiro atoms. The van der Waals surface area contributed by atoms with Gasteiger partial charge in [-0.25, -0.2) is 4.98 Å². The summed E-state index contributed by atoms with van der Waals surface area (Å²) in [7, 11) is 4.13. The first kappa shape index (κ1) is 15.4. The maximum atomic E-state index is 9.25. The molecular weight excluding hydrogens is 284 g/mol. The van der Waals surface area contributed by atoms with E-state index in [-0.39, 0.29) is 12.0 Å². The smallest absolute Gasteiger partial charge is 0.165 e.